The Labute approximate surface area is 150 Å². The molecule has 0 heterocycles. The predicted octanol–water partition coefficient (Wildman–Crippen LogP) is 3.90. The summed E-state index contributed by atoms with van der Waals surface area (Å²) in [6, 6.07) is 0. The average molecular weight is 343 g/mol. The third kappa shape index (κ3) is 3.90. The molecule has 25 heavy (non-hydrogen) atoms. The topological polar surface area (TPSA) is 58.6 Å². The molecule has 3 aliphatic rings. The summed E-state index contributed by atoms with van der Waals surface area (Å²) >= 11 is 0. The Morgan fingerprint density at radius 3 is 2.36 bits per heavy atom. The van der Waals surface area contributed by atoms with E-state index in [0.717, 1.165) is 25.7 Å². The molecule has 0 unspecified atom stereocenters. The fourth-order valence-electron chi connectivity index (χ4n) is 4.22. The van der Waals surface area contributed by atoms with Gasteiger partial charge < -0.3 is 15.2 Å². The average Bonchev–Trinajstić information content (AvgIpc) is 2.59. The number of ether oxygens (including phenoxy) is 1. The minimum absolute atomic E-state index is 0.0307. The molecule has 0 radical (unpaired) electrons. The van der Waals surface area contributed by atoms with Crippen LogP contribution in [0.1, 0.15) is 39.5 Å². The molecule has 1 fully saturated rings. The van der Waals surface area contributed by atoms with Gasteiger partial charge in [0, 0.05) is 17.4 Å². The number of carbonyl (C=O) groups is 1. The molecule has 136 valence electrons. The Morgan fingerprint density at radius 2 is 1.80 bits per heavy atom. The van der Waals surface area contributed by atoms with Gasteiger partial charge in [0.1, 0.15) is 6.61 Å². The summed E-state index contributed by atoms with van der Waals surface area (Å²) in [5.74, 6) is 0. The molecule has 2 spiro atoms. The molecule has 4 heteroatoms. The quantitative estimate of drug-likeness (QED) is 0.744. The zero-order valence-corrected chi connectivity index (χ0v) is 15.2. The summed E-state index contributed by atoms with van der Waals surface area (Å²) in [6.45, 7) is 4.43. The van der Waals surface area contributed by atoms with Crippen molar-refractivity contribution < 1.29 is 14.6 Å². The van der Waals surface area contributed by atoms with Crippen LogP contribution >= 0.6 is 0 Å². The lowest BCUT2D eigenvalue weighted by atomic mass is 9.50. The van der Waals surface area contributed by atoms with Crippen molar-refractivity contribution in [2.75, 3.05) is 13.2 Å². The largest absolute Gasteiger partial charge is 0.447 e. The molecule has 0 saturated heterocycles. The third-order valence-corrected chi connectivity index (χ3v) is 5.71. The van der Waals surface area contributed by atoms with Crippen molar-refractivity contribution in [2.45, 2.75) is 45.6 Å². The highest BCUT2D eigenvalue weighted by Crippen LogP contribution is 2.59. The molecule has 0 aromatic rings. The summed E-state index contributed by atoms with van der Waals surface area (Å²) in [5, 5.41) is 12.0. The van der Waals surface area contributed by atoms with Gasteiger partial charge in [-0.2, -0.15) is 0 Å². The van der Waals surface area contributed by atoms with Crippen molar-refractivity contribution in [3.8, 4) is 0 Å². The standard InChI is InChI=1S/C21H29NO3/c1-3-19(16-22-18(24)25-13-17(2)23)14-21(15-19)11-9-20(10-12-21)7-5-4-6-8-20/h5-12,17,23H,3-4,13-16H2,1-2H3,(H,22,24)/t17-/m0/s1. The van der Waals surface area contributed by atoms with Gasteiger partial charge in [0.25, 0.3) is 0 Å². The van der Waals surface area contributed by atoms with E-state index in [4.69, 9.17) is 4.74 Å². The first-order valence-corrected chi connectivity index (χ1v) is 9.25. The molecule has 0 aromatic carbocycles. The molecule has 1 amide bonds. The second kappa shape index (κ2) is 6.83. The van der Waals surface area contributed by atoms with Gasteiger partial charge in [-0.3, -0.25) is 0 Å². The predicted molar refractivity (Wildman–Crippen MR) is 99.0 cm³/mol. The van der Waals surface area contributed by atoms with Gasteiger partial charge in [0.2, 0.25) is 0 Å². The van der Waals surface area contributed by atoms with Gasteiger partial charge >= 0.3 is 6.09 Å². The number of allylic oxidation sites excluding steroid dienone is 8. The Kier molecular flexibility index (Phi) is 4.92. The van der Waals surface area contributed by atoms with Gasteiger partial charge in [-0.25, -0.2) is 4.79 Å². The van der Waals surface area contributed by atoms with Crippen LogP contribution < -0.4 is 5.32 Å². The SMILES string of the molecule is CCC1(CNC(=O)OC[C@H](C)O)CC2(C=CC3(C=CCC=C3)C=C2)C1. The minimum atomic E-state index is -0.634. The third-order valence-electron chi connectivity index (χ3n) is 5.71. The number of rotatable bonds is 5. The van der Waals surface area contributed by atoms with Crippen molar-refractivity contribution in [3.05, 3.63) is 48.6 Å². The van der Waals surface area contributed by atoms with E-state index >= 15 is 0 Å². The number of alkyl carbamates (subject to hydrolysis) is 1. The highest BCUT2D eigenvalue weighted by atomic mass is 16.6. The van der Waals surface area contributed by atoms with Crippen LogP contribution in [0.4, 0.5) is 4.79 Å². The number of hydrogen-bond donors (Lipinski definition) is 2. The van der Waals surface area contributed by atoms with Gasteiger partial charge in [-0.15, -0.1) is 0 Å². The molecule has 4 nitrogen and oxygen atoms in total. The molecule has 0 aromatic heterocycles. The van der Waals surface area contributed by atoms with Crippen LogP contribution in [0.15, 0.2) is 48.6 Å². The molecule has 3 aliphatic carbocycles. The van der Waals surface area contributed by atoms with Gasteiger partial charge in [0.15, 0.2) is 0 Å². The van der Waals surface area contributed by atoms with E-state index < -0.39 is 12.2 Å². The van der Waals surface area contributed by atoms with Crippen LogP contribution in [0, 0.1) is 16.2 Å². The van der Waals surface area contributed by atoms with Gasteiger partial charge in [0.05, 0.1) is 6.10 Å². The minimum Gasteiger partial charge on any atom is -0.447 e. The lowest BCUT2D eigenvalue weighted by Gasteiger charge is -2.55. The monoisotopic (exact) mass is 343 g/mol. The summed E-state index contributed by atoms with van der Waals surface area (Å²) in [7, 11) is 0. The van der Waals surface area contributed by atoms with Crippen LogP contribution in [0.25, 0.3) is 0 Å². The first kappa shape index (κ1) is 18.0. The highest BCUT2D eigenvalue weighted by Gasteiger charge is 2.52. The van der Waals surface area contributed by atoms with Crippen LogP contribution in [0.2, 0.25) is 0 Å². The summed E-state index contributed by atoms with van der Waals surface area (Å²) in [4.78, 5) is 11.7. The Balaban J connectivity index is 1.54. The van der Waals surface area contributed by atoms with E-state index in [9.17, 15) is 9.90 Å². The molecular formula is C21H29NO3. The summed E-state index contributed by atoms with van der Waals surface area (Å²) in [5.41, 5.74) is 0.226. The van der Waals surface area contributed by atoms with E-state index in [-0.39, 0.29) is 22.9 Å². The first-order valence-electron chi connectivity index (χ1n) is 9.25. The molecule has 0 bridgehead atoms. The number of carbonyl (C=O) groups excluding carboxylic acids is 1. The van der Waals surface area contributed by atoms with E-state index in [1.807, 2.05) is 0 Å². The number of hydrogen-bond acceptors (Lipinski definition) is 3. The zero-order chi connectivity index (χ0) is 18.0. The maximum atomic E-state index is 11.7. The fourth-order valence-corrected chi connectivity index (χ4v) is 4.22. The second-order valence-corrected chi connectivity index (χ2v) is 7.95. The lowest BCUT2D eigenvalue weighted by Crippen LogP contribution is -2.51. The number of aliphatic hydroxyl groups is 1. The van der Waals surface area contributed by atoms with Gasteiger partial charge in [-0.05, 0) is 38.0 Å². The zero-order valence-electron chi connectivity index (χ0n) is 15.2. The van der Waals surface area contributed by atoms with Gasteiger partial charge in [-0.1, -0.05) is 55.5 Å². The Morgan fingerprint density at radius 1 is 1.16 bits per heavy atom. The smallest absolute Gasteiger partial charge is 0.407 e. The Hall–Kier alpha value is -1.81. The van der Waals surface area contributed by atoms with Crippen LogP contribution in [0.3, 0.4) is 0 Å². The maximum Gasteiger partial charge on any atom is 0.407 e. The van der Waals surface area contributed by atoms with E-state index in [1.165, 1.54) is 0 Å². The van der Waals surface area contributed by atoms with Crippen molar-refractivity contribution in [1.82, 2.24) is 5.32 Å². The van der Waals surface area contributed by atoms with Crippen molar-refractivity contribution in [2.24, 2.45) is 16.2 Å². The number of nitrogens with one attached hydrogen (secondary N) is 1. The Bertz CT molecular complexity index is 591. The molecule has 1 saturated carbocycles. The normalized spacial score (nSPS) is 24.9. The second-order valence-electron chi connectivity index (χ2n) is 7.95. The lowest BCUT2D eigenvalue weighted by molar-refractivity contribution is 0.0209. The van der Waals surface area contributed by atoms with E-state index in [0.29, 0.717) is 6.54 Å². The van der Waals surface area contributed by atoms with Crippen molar-refractivity contribution in [1.29, 1.82) is 0 Å². The summed E-state index contributed by atoms with van der Waals surface area (Å²) in [6.07, 6.45) is 21.3. The molecule has 0 aliphatic heterocycles. The van der Waals surface area contributed by atoms with Crippen molar-refractivity contribution >= 4 is 6.09 Å². The number of aliphatic hydroxyl groups excluding tert-OH is 1. The van der Waals surface area contributed by atoms with Crippen molar-refractivity contribution in [3.63, 3.8) is 0 Å². The highest BCUT2D eigenvalue weighted by molar-refractivity contribution is 5.67. The first-order chi connectivity index (χ1) is 11.9. The fraction of sp³-hybridized carbons (Fsp3) is 0.571. The van der Waals surface area contributed by atoms with Crippen LogP contribution in [0.5, 0.6) is 0 Å². The molecular weight excluding hydrogens is 314 g/mol. The van der Waals surface area contributed by atoms with E-state index in [2.05, 4.69) is 60.8 Å². The summed E-state index contributed by atoms with van der Waals surface area (Å²) < 4.78 is 4.98. The molecule has 2 N–H and O–H groups in total. The molecule has 1 atom stereocenters. The maximum absolute atomic E-state index is 11.7. The van der Waals surface area contributed by atoms with E-state index in [1.54, 1.807) is 6.92 Å². The number of amides is 1. The van der Waals surface area contributed by atoms with Crippen LogP contribution in [-0.4, -0.2) is 30.5 Å². The molecule has 3 rings (SSSR count). The van der Waals surface area contributed by atoms with Crippen LogP contribution in [-0.2, 0) is 4.74 Å².